The predicted molar refractivity (Wildman–Crippen MR) is 88.5 cm³/mol. The number of rotatable bonds is 6. The molecule has 0 aliphatic carbocycles. The molecule has 0 aliphatic rings. The first-order chi connectivity index (χ1) is 11.2. The molecule has 0 amide bonds. The van der Waals surface area contributed by atoms with E-state index in [2.05, 4.69) is 0 Å². The van der Waals surface area contributed by atoms with Crippen molar-refractivity contribution >= 4 is 11.9 Å². The zero-order valence-electron chi connectivity index (χ0n) is 13.1. The van der Waals surface area contributed by atoms with E-state index in [-0.39, 0.29) is 11.4 Å². The van der Waals surface area contributed by atoms with E-state index in [4.69, 9.17) is 9.47 Å². The molecule has 0 bridgehead atoms. The van der Waals surface area contributed by atoms with Gasteiger partial charge in [0.2, 0.25) is 5.78 Å². The molecule has 0 aliphatic heterocycles. The lowest BCUT2D eigenvalue weighted by molar-refractivity contribution is 0.103. The van der Waals surface area contributed by atoms with Gasteiger partial charge in [0.15, 0.2) is 0 Å². The maximum Gasteiger partial charge on any atom is 0.203 e. The Morgan fingerprint density at radius 3 is 2.61 bits per heavy atom. The third kappa shape index (κ3) is 4.21. The molecule has 0 atom stereocenters. The molecule has 116 valence electrons. The average Bonchev–Trinajstić information content (AvgIpc) is 2.60. The second-order valence-electron chi connectivity index (χ2n) is 4.74. The van der Waals surface area contributed by atoms with Crippen molar-refractivity contribution in [3.05, 3.63) is 65.2 Å². The number of benzene rings is 2. The summed E-state index contributed by atoms with van der Waals surface area (Å²) < 4.78 is 10.5. The van der Waals surface area contributed by atoms with E-state index in [1.54, 1.807) is 36.4 Å². The van der Waals surface area contributed by atoms with Crippen molar-refractivity contribution in [2.24, 2.45) is 0 Å². The molecule has 0 unspecified atom stereocenters. The van der Waals surface area contributed by atoms with Crippen LogP contribution in [-0.2, 0) is 0 Å². The number of Topliss-reactive ketones (excluding diaryl/α,β-unsaturated/α-hetero) is 1. The number of carbonyl (C=O) groups excluding carboxylic acids is 1. The molecule has 2 aromatic carbocycles. The van der Waals surface area contributed by atoms with Crippen molar-refractivity contribution in [1.29, 1.82) is 5.26 Å². The number of hydrogen-bond donors (Lipinski definition) is 0. The van der Waals surface area contributed by atoms with Gasteiger partial charge in [0.1, 0.15) is 23.1 Å². The molecule has 0 heterocycles. The Labute approximate surface area is 135 Å². The summed E-state index contributed by atoms with van der Waals surface area (Å²) in [4.78, 5) is 12.5. The van der Waals surface area contributed by atoms with Crippen LogP contribution in [0.15, 0.2) is 54.1 Å². The fraction of sp³-hybridized carbons (Fsp3) is 0.158. The Morgan fingerprint density at radius 1 is 1.17 bits per heavy atom. The number of ketones is 1. The average molecular weight is 307 g/mol. The summed E-state index contributed by atoms with van der Waals surface area (Å²) in [5.74, 6) is 0.937. The van der Waals surface area contributed by atoms with E-state index in [0.29, 0.717) is 23.7 Å². The molecule has 0 saturated heterocycles. The number of carbonyl (C=O) groups is 1. The topological polar surface area (TPSA) is 59.3 Å². The number of ether oxygens (including phenoxy) is 2. The summed E-state index contributed by atoms with van der Waals surface area (Å²) in [5, 5.41) is 9.32. The number of methoxy groups -OCH3 is 1. The SMILES string of the molecule is CCOc1cccc(/C=C(/C#N)C(=O)c2cccc(OC)c2)c1. The van der Waals surface area contributed by atoms with E-state index in [0.717, 1.165) is 5.56 Å². The number of nitriles is 1. The highest BCUT2D eigenvalue weighted by molar-refractivity contribution is 6.14. The van der Waals surface area contributed by atoms with Gasteiger partial charge in [0.25, 0.3) is 0 Å². The molecule has 2 aromatic rings. The van der Waals surface area contributed by atoms with Gasteiger partial charge in [0.05, 0.1) is 13.7 Å². The monoisotopic (exact) mass is 307 g/mol. The number of nitrogens with zero attached hydrogens (tertiary/aromatic N) is 1. The van der Waals surface area contributed by atoms with Crippen molar-refractivity contribution in [1.82, 2.24) is 0 Å². The summed E-state index contributed by atoms with van der Waals surface area (Å²) >= 11 is 0. The second kappa shape index (κ2) is 7.81. The van der Waals surface area contributed by atoms with Crippen LogP contribution in [0.2, 0.25) is 0 Å². The summed E-state index contributed by atoms with van der Waals surface area (Å²) in [5.41, 5.74) is 1.22. The van der Waals surface area contributed by atoms with Gasteiger partial charge in [-0.2, -0.15) is 5.26 Å². The van der Waals surface area contributed by atoms with Gasteiger partial charge in [-0.1, -0.05) is 24.3 Å². The van der Waals surface area contributed by atoms with Crippen LogP contribution >= 0.6 is 0 Å². The maximum atomic E-state index is 12.5. The molecule has 2 rings (SSSR count). The molecule has 23 heavy (non-hydrogen) atoms. The van der Waals surface area contributed by atoms with E-state index < -0.39 is 0 Å². The van der Waals surface area contributed by atoms with Crippen LogP contribution in [-0.4, -0.2) is 19.5 Å². The lowest BCUT2D eigenvalue weighted by atomic mass is 10.0. The summed E-state index contributed by atoms with van der Waals surface area (Å²) in [6.07, 6.45) is 1.56. The van der Waals surface area contributed by atoms with Gasteiger partial charge in [-0.15, -0.1) is 0 Å². The van der Waals surface area contributed by atoms with Crippen LogP contribution in [0.4, 0.5) is 0 Å². The Hall–Kier alpha value is -3.06. The maximum absolute atomic E-state index is 12.5. The Balaban J connectivity index is 2.33. The highest BCUT2D eigenvalue weighted by Crippen LogP contribution is 2.19. The van der Waals surface area contributed by atoms with E-state index in [1.165, 1.54) is 7.11 Å². The van der Waals surface area contributed by atoms with Crippen molar-refractivity contribution in [3.8, 4) is 17.6 Å². The van der Waals surface area contributed by atoms with Gasteiger partial charge < -0.3 is 9.47 Å². The lowest BCUT2D eigenvalue weighted by Crippen LogP contribution is -2.02. The first kappa shape index (κ1) is 16.3. The fourth-order valence-corrected chi connectivity index (χ4v) is 2.10. The zero-order chi connectivity index (χ0) is 16.7. The third-order valence-corrected chi connectivity index (χ3v) is 3.18. The van der Waals surface area contributed by atoms with Crippen molar-refractivity contribution in [2.45, 2.75) is 6.92 Å². The molecule has 0 N–H and O–H groups in total. The lowest BCUT2D eigenvalue weighted by Gasteiger charge is -2.05. The minimum absolute atomic E-state index is 0.0619. The van der Waals surface area contributed by atoms with Gasteiger partial charge in [-0.05, 0) is 42.8 Å². The Morgan fingerprint density at radius 2 is 1.91 bits per heavy atom. The van der Waals surface area contributed by atoms with Gasteiger partial charge in [-0.25, -0.2) is 0 Å². The smallest absolute Gasteiger partial charge is 0.203 e. The second-order valence-corrected chi connectivity index (χ2v) is 4.74. The first-order valence-corrected chi connectivity index (χ1v) is 7.21. The molecule has 0 spiro atoms. The van der Waals surface area contributed by atoms with Crippen LogP contribution in [0.5, 0.6) is 11.5 Å². The molecule has 0 aromatic heterocycles. The van der Waals surface area contributed by atoms with Crippen LogP contribution < -0.4 is 9.47 Å². The highest BCUT2D eigenvalue weighted by Gasteiger charge is 2.13. The minimum atomic E-state index is -0.340. The minimum Gasteiger partial charge on any atom is -0.497 e. The highest BCUT2D eigenvalue weighted by atomic mass is 16.5. The standard InChI is InChI=1S/C19H17NO3/c1-3-23-18-9-4-6-14(11-18)10-16(13-20)19(21)15-7-5-8-17(12-15)22-2/h4-12H,3H2,1-2H3/b16-10-. The van der Waals surface area contributed by atoms with E-state index >= 15 is 0 Å². The summed E-state index contributed by atoms with van der Waals surface area (Å²) in [6.45, 7) is 2.45. The van der Waals surface area contributed by atoms with Crippen molar-refractivity contribution in [3.63, 3.8) is 0 Å². The molecule has 4 heteroatoms. The Kier molecular flexibility index (Phi) is 5.54. The normalized spacial score (nSPS) is 10.7. The zero-order valence-corrected chi connectivity index (χ0v) is 13.1. The predicted octanol–water partition coefficient (Wildman–Crippen LogP) is 3.88. The third-order valence-electron chi connectivity index (χ3n) is 3.18. The van der Waals surface area contributed by atoms with Crippen molar-refractivity contribution < 1.29 is 14.3 Å². The Bertz CT molecular complexity index is 772. The quantitative estimate of drug-likeness (QED) is 0.461. The molecule has 0 radical (unpaired) electrons. The summed E-state index contributed by atoms with van der Waals surface area (Å²) in [7, 11) is 1.53. The van der Waals surface area contributed by atoms with Crippen LogP contribution in [0.1, 0.15) is 22.8 Å². The van der Waals surface area contributed by atoms with Crippen molar-refractivity contribution in [2.75, 3.05) is 13.7 Å². The molecule has 0 saturated carbocycles. The van der Waals surface area contributed by atoms with Crippen LogP contribution in [0.3, 0.4) is 0 Å². The van der Waals surface area contributed by atoms with Gasteiger partial charge >= 0.3 is 0 Å². The number of hydrogen-bond acceptors (Lipinski definition) is 4. The van der Waals surface area contributed by atoms with Crippen LogP contribution in [0.25, 0.3) is 6.08 Å². The largest absolute Gasteiger partial charge is 0.497 e. The fourth-order valence-electron chi connectivity index (χ4n) is 2.10. The molecular weight excluding hydrogens is 290 g/mol. The van der Waals surface area contributed by atoms with E-state index in [1.807, 2.05) is 31.2 Å². The molecule has 0 fully saturated rings. The van der Waals surface area contributed by atoms with Gasteiger partial charge in [0, 0.05) is 5.56 Å². The van der Waals surface area contributed by atoms with Crippen LogP contribution in [0, 0.1) is 11.3 Å². The van der Waals surface area contributed by atoms with E-state index in [9.17, 15) is 10.1 Å². The number of allylic oxidation sites excluding steroid dienone is 1. The van der Waals surface area contributed by atoms with Gasteiger partial charge in [-0.3, -0.25) is 4.79 Å². The first-order valence-electron chi connectivity index (χ1n) is 7.21. The molecule has 4 nitrogen and oxygen atoms in total. The summed E-state index contributed by atoms with van der Waals surface area (Å²) in [6, 6.07) is 16.0. The molecular formula is C19H17NO3.